The minimum atomic E-state index is 0.582. The van der Waals surface area contributed by atoms with Crippen LogP contribution in [-0.2, 0) is 6.54 Å². The van der Waals surface area contributed by atoms with E-state index in [0.717, 1.165) is 33.2 Å². The van der Waals surface area contributed by atoms with Crippen molar-refractivity contribution < 1.29 is 4.74 Å². The monoisotopic (exact) mass is 407 g/mol. The van der Waals surface area contributed by atoms with Gasteiger partial charge in [-0.25, -0.2) is 5.01 Å². The molecule has 0 aliphatic carbocycles. The van der Waals surface area contributed by atoms with Crippen LogP contribution in [-0.4, -0.2) is 22.9 Å². The SMILES string of the molecule is COc1ccc(CN2N=C(c3ccccc3)c3c(sc(C)c3C)NC2=S)cc1. The predicted octanol–water partition coefficient (Wildman–Crippen LogP) is 5.34. The number of anilines is 1. The summed E-state index contributed by atoms with van der Waals surface area (Å²) in [6.07, 6.45) is 0. The fourth-order valence-electron chi connectivity index (χ4n) is 3.19. The van der Waals surface area contributed by atoms with Crippen molar-refractivity contribution in [3.05, 3.63) is 81.7 Å². The van der Waals surface area contributed by atoms with E-state index in [9.17, 15) is 0 Å². The fourth-order valence-corrected chi connectivity index (χ4v) is 4.52. The normalized spacial score (nSPS) is 13.5. The summed E-state index contributed by atoms with van der Waals surface area (Å²) in [6.45, 7) is 4.86. The number of thiocarbonyl (C=S) groups is 1. The summed E-state index contributed by atoms with van der Waals surface area (Å²) in [4.78, 5) is 1.27. The van der Waals surface area contributed by atoms with Gasteiger partial charge in [-0.05, 0) is 49.3 Å². The van der Waals surface area contributed by atoms with Gasteiger partial charge in [-0.1, -0.05) is 42.5 Å². The number of benzene rings is 2. The molecule has 28 heavy (non-hydrogen) atoms. The van der Waals surface area contributed by atoms with Crippen molar-refractivity contribution in [3.63, 3.8) is 0 Å². The number of hydrogen-bond acceptors (Lipinski definition) is 4. The van der Waals surface area contributed by atoms with Crippen LogP contribution in [0.2, 0.25) is 0 Å². The number of methoxy groups -OCH3 is 1. The minimum Gasteiger partial charge on any atom is -0.497 e. The molecule has 0 spiro atoms. The number of hydrazone groups is 1. The summed E-state index contributed by atoms with van der Waals surface area (Å²) >= 11 is 7.41. The molecule has 0 unspecified atom stereocenters. The molecule has 3 aromatic rings. The number of fused-ring (bicyclic) bond motifs is 1. The van der Waals surface area contributed by atoms with Gasteiger partial charge in [-0.3, -0.25) is 0 Å². The third-order valence-corrected chi connectivity index (χ3v) is 6.27. The maximum atomic E-state index is 5.68. The second-order valence-electron chi connectivity index (χ2n) is 6.64. The molecule has 6 heteroatoms. The maximum absolute atomic E-state index is 5.68. The highest BCUT2D eigenvalue weighted by molar-refractivity contribution is 7.80. The van der Waals surface area contributed by atoms with E-state index in [0.29, 0.717) is 11.7 Å². The number of hydrogen-bond donors (Lipinski definition) is 1. The van der Waals surface area contributed by atoms with E-state index >= 15 is 0 Å². The van der Waals surface area contributed by atoms with Crippen molar-refractivity contribution in [2.75, 3.05) is 12.4 Å². The first kappa shape index (κ1) is 18.7. The zero-order valence-corrected chi connectivity index (χ0v) is 17.7. The van der Waals surface area contributed by atoms with E-state index in [2.05, 4.69) is 31.3 Å². The van der Waals surface area contributed by atoms with Gasteiger partial charge in [0.2, 0.25) is 0 Å². The van der Waals surface area contributed by atoms with Crippen molar-refractivity contribution in [3.8, 4) is 5.75 Å². The molecule has 1 aliphatic heterocycles. The molecule has 0 atom stereocenters. The summed E-state index contributed by atoms with van der Waals surface area (Å²) < 4.78 is 5.25. The lowest BCUT2D eigenvalue weighted by molar-refractivity contribution is 0.413. The Morgan fingerprint density at radius 3 is 2.46 bits per heavy atom. The molecule has 1 aliphatic rings. The molecule has 0 bridgehead atoms. The second kappa shape index (κ2) is 7.73. The first-order chi connectivity index (χ1) is 13.6. The van der Waals surface area contributed by atoms with E-state index in [1.54, 1.807) is 18.4 Å². The molecule has 4 nitrogen and oxygen atoms in total. The first-order valence-corrected chi connectivity index (χ1v) is 10.2. The highest BCUT2D eigenvalue weighted by Gasteiger charge is 2.26. The van der Waals surface area contributed by atoms with E-state index < -0.39 is 0 Å². The zero-order chi connectivity index (χ0) is 19.7. The Bertz CT molecular complexity index is 1040. The summed E-state index contributed by atoms with van der Waals surface area (Å²) in [6, 6.07) is 18.3. The van der Waals surface area contributed by atoms with Crippen LogP contribution in [0.3, 0.4) is 0 Å². The third-order valence-electron chi connectivity index (χ3n) is 4.84. The Morgan fingerprint density at radius 2 is 1.79 bits per heavy atom. The smallest absolute Gasteiger partial charge is 0.195 e. The molecular formula is C22H21N3OS2. The highest BCUT2D eigenvalue weighted by atomic mass is 32.1. The van der Waals surface area contributed by atoms with Gasteiger partial charge in [0.1, 0.15) is 16.5 Å². The second-order valence-corrected chi connectivity index (χ2v) is 8.25. The Morgan fingerprint density at radius 1 is 1.07 bits per heavy atom. The predicted molar refractivity (Wildman–Crippen MR) is 121 cm³/mol. The maximum Gasteiger partial charge on any atom is 0.195 e. The molecule has 0 fully saturated rings. The van der Waals surface area contributed by atoms with Crippen molar-refractivity contribution in [2.24, 2.45) is 5.10 Å². The Labute approximate surface area is 174 Å². The summed E-state index contributed by atoms with van der Waals surface area (Å²) in [5.74, 6) is 0.835. The number of rotatable bonds is 4. The third kappa shape index (κ3) is 3.53. The average Bonchev–Trinajstić information content (AvgIpc) is 2.91. The van der Waals surface area contributed by atoms with Gasteiger partial charge in [0, 0.05) is 16.0 Å². The highest BCUT2D eigenvalue weighted by Crippen LogP contribution is 2.36. The van der Waals surface area contributed by atoms with E-state index in [1.807, 2.05) is 47.5 Å². The Hall–Kier alpha value is -2.70. The standard InChI is InChI=1S/C22H21N3OS2/c1-14-15(2)28-21-19(14)20(17-7-5-4-6-8-17)24-25(22(27)23-21)13-16-9-11-18(26-3)12-10-16/h4-12H,13H2,1-3H3,(H,23,27). The van der Waals surface area contributed by atoms with Gasteiger partial charge in [-0.15, -0.1) is 11.3 Å². The molecular weight excluding hydrogens is 386 g/mol. The van der Waals surface area contributed by atoms with Crippen LogP contribution >= 0.6 is 23.6 Å². The Balaban J connectivity index is 1.78. The van der Waals surface area contributed by atoms with Crippen LogP contribution in [0.5, 0.6) is 5.75 Å². The van der Waals surface area contributed by atoms with Crippen LogP contribution in [0.25, 0.3) is 0 Å². The molecule has 2 heterocycles. The number of nitrogens with zero attached hydrogens (tertiary/aromatic N) is 2. The van der Waals surface area contributed by atoms with Crippen molar-refractivity contribution >= 4 is 39.4 Å². The molecule has 0 radical (unpaired) electrons. The van der Waals surface area contributed by atoms with Crippen molar-refractivity contribution in [1.29, 1.82) is 0 Å². The molecule has 2 aromatic carbocycles. The number of aryl methyl sites for hydroxylation is 1. The number of nitrogens with one attached hydrogen (secondary N) is 1. The lowest BCUT2D eigenvalue weighted by Crippen LogP contribution is -2.29. The molecule has 0 amide bonds. The lowest BCUT2D eigenvalue weighted by atomic mass is 10.0. The largest absolute Gasteiger partial charge is 0.497 e. The van der Waals surface area contributed by atoms with Gasteiger partial charge in [0.15, 0.2) is 5.11 Å². The van der Waals surface area contributed by atoms with Gasteiger partial charge < -0.3 is 10.1 Å². The zero-order valence-electron chi connectivity index (χ0n) is 16.0. The summed E-state index contributed by atoms with van der Waals surface area (Å²) in [5.41, 5.74) is 5.51. The molecule has 1 aromatic heterocycles. The molecule has 0 saturated heterocycles. The number of thiophene rings is 1. The van der Waals surface area contributed by atoms with E-state index in [-0.39, 0.29) is 0 Å². The van der Waals surface area contributed by atoms with Crippen LogP contribution < -0.4 is 10.1 Å². The van der Waals surface area contributed by atoms with Crippen molar-refractivity contribution in [1.82, 2.24) is 5.01 Å². The quantitative estimate of drug-likeness (QED) is 0.593. The van der Waals surface area contributed by atoms with Crippen LogP contribution in [0, 0.1) is 13.8 Å². The average molecular weight is 408 g/mol. The van der Waals surface area contributed by atoms with E-state index in [1.165, 1.54) is 10.4 Å². The van der Waals surface area contributed by atoms with Gasteiger partial charge in [0.05, 0.1) is 13.7 Å². The molecule has 4 rings (SSSR count). The van der Waals surface area contributed by atoms with Gasteiger partial charge >= 0.3 is 0 Å². The topological polar surface area (TPSA) is 36.9 Å². The van der Waals surface area contributed by atoms with Gasteiger partial charge in [0.25, 0.3) is 0 Å². The summed E-state index contributed by atoms with van der Waals surface area (Å²) in [5, 5.41) is 11.9. The molecule has 0 saturated carbocycles. The van der Waals surface area contributed by atoms with Crippen LogP contribution in [0.15, 0.2) is 59.7 Å². The van der Waals surface area contributed by atoms with Crippen LogP contribution in [0.4, 0.5) is 5.00 Å². The van der Waals surface area contributed by atoms with Crippen molar-refractivity contribution in [2.45, 2.75) is 20.4 Å². The lowest BCUT2D eigenvalue weighted by Gasteiger charge is -2.19. The van der Waals surface area contributed by atoms with Gasteiger partial charge in [-0.2, -0.15) is 5.10 Å². The number of ether oxygens (including phenoxy) is 1. The Kier molecular flexibility index (Phi) is 5.15. The van der Waals surface area contributed by atoms with E-state index in [4.69, 9.17) is 22.1 Å². The first-order valence-electron chi connectivity index (χ1n) is 9.02. The van der Waals surface area contributed by atoms with Crippen LogP contribution in [0.1, 0.15) is 27.1 Å². The molecule has 142 valence electrons. The molecule has 1 N–H and O–H groups in total. The minimum absolute atomic E-state index is 0.582. The fraction of sp³-hybridized carbons (Fsp3) is 0.182. The summed E-state index contributed by atoms with van der Waals surface area (Å²) in [7, 11) is 1.67.